The minimum atomic E-state index is -0.127. The Morgan fingerprint density at radius 1 is 1.30 bits per heavy atom. The molecule has 23 heavy (non-hydrogen) atoms. The Labute approximate surface area is 144 Å². The van der Waals surface area contributed by atoms with Crippen molar-refractivity contribution in [3.8, 4) is 0 Å². The van der Waals surface area contributed by atoms with Crippen LogP contribution in [0.3, 0.4) is 0 Å². The molecule has 1 amide bonds. The predicted octanol–water partition coefficient (Wildman–Crippen LogP) is 3.70. The highest BCUT2D eigenvalue weighted by Gasteiger charge is 2.54. The first-order valence-electron chi connectivity index (χ1n) is 8.84. The van der Waals surface area contributed by atoms with Crippen LogP contribution >= 0.6 is 11.6 Å². The minimum Gasteiger partial charge on any atom is -0.369 e. The molecule has 0 spiro atoms. The van der Waals surface area contributed by atoms with Gasteiger partial charge < -0.3 is 5.73 Å². The molecule has 2 fully saturated rings. The first kappa shape index (κ1) is 16.8. The van der Waals surface area contributed by atoms with Gasteiger partial charge in [-0.1, -0.05) is 37.1 Å². The first-order chi connectivity index (χ1) is 11.1. The zero-order chi connectivity index (χ0) is 16.4. The lowest BCUT2D eigenvalue weighted by atomic mass is 9.97. The van der Waals surface area contributed by atoms with E-state index in [0.717, 1.165) is 48.6 Å². The Bertz CT molecular complexity index is 533. The van der Waals surface area contributed by atoms with Crippen LogP contribution in [0.4, 0.5) is 0 Å². The molecular weight excluding hydrogens is 308 g/mol. The van der Waals surface area contributed by atoms with E-state index in [1.54, 1.807) is 0 Å². The summed E-state index contributed by atoms with van der Waals surface area (Å²) in [5, 5.41) is 0.805. The number of fused-ring (bicyclic) bond motifs is 1. The van der Waals surface area contributed by atoms with Crippen molar-refractivity contribution < 1.29 is 4.79 Å². The number of rotatable bonds is 8. The molecule has 1 aromatic rings. The molecule has 1 aliphatic heterocycles. The van der Waals surface area contributed by atoms with Crippen LogP contribution in [-0.2, 0) is 11.3 Å². The maximum Gasteiger partial charge on any atom is 0.220 e. The largest absolute Gasteiger partial charge is 0.369 e. The lowest BCUT2D eigenvalue weighted by Crippen LogP contribution is -2.24. The minimum absolute atomic E-state index is 0.0787. The molecule has 0 bridgehead atoms. The summed E-state index contributed by atoms with van der Waals surface area (Å²) in [4.78, 5) is 13.8. The van der Waals surface area contributed by atoms with Gasteiger partial charge in [-0.05, 0) is 54.7 Å². The maximum atomic E-state index is 11.3. The summed E-state index contributed by atoms with van der Waals surface area (Å²) in [5.74, 6) is 2.61. The van der Waals surface area contributed by atoms with Crippen molar-refractivity contribution in [1.29, 1.82) is 0 Å². The Balaban J connectivity index is 1.36. The number of carbonyl (C=O) groups is 1. The van der Waals surface area contributed by atoms with Gasteiger partial charge in [0.2, 0.25) is 5.91 Å². The smallest absolute Gasteiger partial charge is 0.220 e. The molecule has 3 unspecified atom stereocenters. The Morgan fingerprint density at radius 3 is 2.52 bits per heavy atom. The highest BCUT2D eigenvalue weighted by atomic mass is 35.5. The van der Waals surface area contributed by atoms with Gasteiger partial charge in [0, 0.05) is 30.6 Å². The molecule has 1 aliphatic carbocycles. The summed E-state index contributed by atoms with van der Waals surface area (Å²) in [5.41, 5.74) is 6.77. The zero-order valence-corrected chi connectivity index (χ0v) is 14.6. The van der Waals surface area contributed by atoms with Crippen LogP contribution in [0.15, 0.2) is 24.3 Å². The second-order valence-electron chi connectivity index (χ2n) is 7.25. The van der Waals surface area contributed by atoms with Gasteiger partial charge >= 0.3 is 0 Å². The van der Waals surface area contributed by atoms with E-state index in [2.05, 4.69) is 24.0 Å². The number of benzene rings is 1. The van der Waals surface area contributed by atoms with E-state index in [1.807, 2.05) is 12.1 Å². The van der Waals surface area contributed by atoms with Gasteiger partial charge in [-0.15, -0.1) is 0 Å². The van der Waals surface area contributed by atoms with Crippen molar-refractivity contribution in [3.05, 3.63) is 34.9 Å². The van der Waals surface area contributed by atoms with Gasteiger partial charge in [-0.25, -0.2) is 0 Å². The standard InChI is InChI=1S/C19H27ClN2O/c1-2-14(19(21)23)4-3-5-16-17-11-22(12-18(16)17)10-13-6-8-15(20)9-7-13/h6-9,14,16-18H,2-5,10-12H2,1H3,(H2,21,23). The van der Waals surface area contributed by atoms with Crippen LogP contribution in [0.25, 0.3) is 0 Å². The van der Waals surface area contributed by atoms with Crippen LogP contribution in [-0.4, -0.2) is 23.9 Å². The van der Waals surface area contributed by atoms with Gasteiger partial charge in [-0.3, -0.25) is 9.69 Å². The van der Waals surface area contributed by atoms with E-state index < -0.39 is 0 Å². The molecule has 0 aromatic heterocycles. The molecule has 126 valence electrons. The van der Waals surface area contributed by atoms with Crippen LogP contribution < -0.4 is 5.73 Å². The lowest BCUT2D eigenvalue weighted by Gasteiger charge is -2.19. The number of piperidine rings is 1. The first-order valence-corrected chi connectivity index (χ1v) is 9.22. The van der Waals surface area contributed by atoms with Gasteiger partial charge in [0.15, 0.2) is 0 Å². The molecule has 3 rings (SSSR count). The molecule has 1 saturated heterocycles. The van der Waals surface area contributed by atoms with Crippen LogP contribution in [0.2, 0.25) is 5.02 Å². The summed E-state index contributed by atoms with van der Waals surface area (Å²) in [7, 11) is 0. The molecule has 2 aliphatic rings. The van der Waals surface area contributed by atoms with E-state index in [0.29, 0.717) is 0 Å². The number of carbonyl (C=O) groups excluding carboxylic acids is 1. The quantitative estimate of drug-likeness (QED) is 0.788. The van der Waals surface area contributed by atoms with E-state index in [4.69, 9.17) is 17.3 Å². The van der Waals surface area contributed by atoms with Crippen LogP contribution in [0, 0.1) is 23.7 Å². The number of nitrogens with zero attached hydrogens (tertiary/aromatic N) is 1. The molecule has 1 aromatic carbocycles. The number of hydrogen-bond donors (Lipinski definition) is 1. The van der Waals surface area contributed by atoms with Crippen molar-refractivity contribution >= 4 is 17.5 Å². The Hall–Kier alpha value is -1.06. The molecule has 1 saturated carbocycles. The Morgan fingerprint density at radius 2 is 1.96 bits per heavy atom. The average molecular weight is 335 g/mol. The molecule has 3 atom stereocenters. The molecule has 2 N–H and O–H groups in total. The highest BCUT2D eigenvalue weighted by molar-refractivity contribution is 6.30. The fourth-order valence-corrected chi connectivity index (χ4v) is 4.42. The summed E-state index contributed by atoms with van der Waals surface area (Å²) in [6.07, 6.45) is 4.27. The second-order valence-corrected chi connectivity index (χ2v) is 7.69. The Kier molecular flexibility index (Phi) is 5.27. The molecular formula is C19H27ClN2O. The fourth-order valence-electron chi connectivity index (χ4n) is 4.29. The third-order valence-corrected chi connectivity index (χ3v) is 6.00. The fraction of sp³-hybridized carbons (Fsp3) is 0.632. The SMILES string of the molecule is CCC(CCCC1C2CN(Cc3ccc(Cl)cc3)CC12)C(N)=O. The summed E-state index contributed by atoms with van der Waals surface area (Å²) >= 11 is 5.94. The van der Waals surface area contributed by atoms with Crippen molar-refractivity contribution in [2.24, 2.45) is 29.4 Å². The van der Waals surface area contributed by atoms with E-state index in [1.165, 1.54) is 25.1 Å². The number of hydrogen-bond acceptors (Lipinski definition) is 2. The summed E-state index contributed by atoms with van der Waals surface area (Å²) < 4.78 is 0. The normalized spacial score (nSPS) is 27.7. The molecule has 4 heteroatoms. The van der Waals surface area contributed by atoms with Gasteiger partial charge in [0.1, 0.15) is 0 Å². The second kappa shape index (κ2) is 7.23. The van der Waals surface area contributed by atoms with Gasteiger partial charge in [0.25, 0.3) is 0 Å². The summed E-state index contributed by atoms with van der Waals surface area (Å²) in [6.45, 7) is 5.54. The van der Waals surface area contributed by atoms with Crippen molar-refractivity contribution in [2.45, 2.75) is 39.2 Å². The number of halogens is 1. The van der Waals surface area contributed by atoms with Crippen LogP contribution in [0.5, 0.6) is 0 Å². The van der Waals surface area contributed by atoms with E-state index >= 15 is 0 Å². The van der Waals surface area contributed by atoms with Crippen molar-refractivity contribution in [2.75, 3.05) is 13.1 Å². The van der Waals surface area contributed by atoms with E-state index in [9.17, 15) is 4.79 Å². The molecule has 3 nitrogen and oxygen atoms in total. The number of likely N-dealkylation sites (tertiary alicyclic amines) is 1. The van der Waals surface area contributed by atoms with Crippen molar-refractivity contribution in [3.63, 3.8) is 0 Å². The monoisotopic (exact) mass is 334 g/mol. The van der Waals surface area contributed by atoms with Gasteiger partial charge in [-0.2, -0.15) is 0 Å². The summed E-state index contributed by atoms with van der Waals surface area (Å²) in [6, 6.07) is 8.19. The van der Waals surface area contributed by atoms with Crippen molar-refractivity contribution in [1.82, 2.24) is 4.90 Å². The van der Waals surface area contributed by atoms with Crippen LogP contribution in [0.1, 0.15) is 38.2 Å². The number of amides is 1. The van der Waals surface area contributed by atoms with Gasteiger partial charge in [0.05, 0.1) is 0 Å². The lowest BCUT2D eigenvalue weighted by molar-refractivity contribution is -0.122. The number of nitrogens with two attached hydrogens (primary N) is 1. The van der Waals surface area contributed by atoms with E-state index in [-0.39, 0.29) is 11.8 Å². The predicted molar refractivity (Wildman–Crippen MR) is 94.0 cm³/mol. The zero-order valence-electron chi connectivity index (χ0n) is 13.9. The topological polar surface area (TPSA) is 46.3 Å². The molecule has 0 radical (unpaired) electrons. The third kappa shape index (κ3) is 4.07. The maximum absolute atomic E-state index is 11.3. The third-order valence-electron chi connectivity index (χ3n) is 5.75. The molecule has 1 heterocycles. The average Bonchev–Trinajstić information content (AvgIpc) is 2.98. The highest BCUT2D eigenvalue weighted by Crippen LogP contribution is 2.54. The number of primary amides is 1.